The van der Waals surface area contributed by atoms with E-state index in [1.807, 2.05) is 68.4 Å². The second kappa shape index (κ2) is 9.45. The molecule has 3 aromatic rings. The summed E-state index contributed by atoms with van der Waals surface area (Å²) in [7, 11) is 0. The normalized spacial score (nSPS) is 23.1. The lowest BCUT2D eigenvalue weighted by molar-refractivity contribution is -0.159. The number of carbonyl (C=O) groups excluding carboxylic acids is 4. The Kier molecular flexibility index (Phi) is 6.18. The highest BCUT2D eigenvalue weighted by atomic mass is 79.9. The van der Waals surface area contributed by atoms with Crippen molar-refractivity contribution in [2.45, 2.75) is 38.6 Å². The number of nitrogens with one attached hydrogen (secondary N) is 1. The summed E-state index contributed by atoms with van der Waals surface area (Å²) >= 11 is 3.46. The van der Waals surface area contributed by atoms with Crippen LogP contribution in [0.5, 0.6) is 0 Å². The molecule has 1 fully saturated rings. The van der Waals surface area contributed by atoms with E-state index in [1.54, 1.807) is 6.07 Å². The maximum Gasteiger partial charge on any atom is 0.329 e. The van der Waals surface area contributed by atoms with Gasteiger partial charge in [0.1, 0.15) is 6.04 Å². The molecule has 1 heterocycles. The number of anilines is 1. The predicted molar refractivity (Wildman–Crippen MR) is 148 cm³/mol. The number of ether oxygens (including phenoxy) is 1. The van der Waals surface area contributed by atoms with Gasteiger partial charge in [0.25, 0.3) is 5.91 Å². The summed E-state index contributed by atoms with van der Waals surface area (Å²) < 4.78 is 6.21. The van der Waals surface area contributed by atoms with Crippen LogP contribution in [0.2, 0.25) is 0 Å². The van der Waals surface area contributed by atoms with E-state index in [0.29, 0.717) is 5.69 Å². The molecular formula is C31H27BrN2O5. The lowest BCUT2D eigenvalue weighted by Gasteiger charge is -2.45. The second-order valence-corrected chi connectivity index (χ2v) is 11.3. The van der Waals surface area contributed by atoms with E-state index in [4.69, 9.17) is 4.74 Å². The van der Waals surface area contributed by atoms with Crippen molar-refractivity contribution >= 4 is 45.3 Å². The number of hydrogen-bond donors (Lipinski definition) is 1. The van der Waals surface area contributed by atoms with Gasteiger partial charge >= 0.3 is 5.97 Å². The summed E-state index contributed by atoms with van der Waals surface area (Å²) in [5, 5.41) is 2.76. The van der Waals surface area contributed by atoms with E-state index < -0.39 is 36.4 Å². The first kappa shape index (κ1) is 25.5. The fourth-order valence-corrected chi connectivity index (χ4v) is 6.98. The molecule has 0 spiro atoms. The quantitative estimate of drug-likeness (QED) is 0.341. The molecule has 198 valence electrons. The zero-order chi connectivity index (χ0) is 27.6. The summed E-state index contributed by atoms with van der Waals surface area (Å²) in [5.41, 5.74) is 6.76. The molecule has 0 saturated carbocycles. The van der Waals surface area contributed by atoms with E-state index in [2.05, 4.69) is 21.2 Å². The van der Waals surface area contributed by atoms with E-state index in [0.717, 1.165) is 42.8 Å². The van der Waals surface area contributed by atoms with Crippen LogP contribution in [0, 0.1) is 25.7 Å². The monoisotopic (exact) mass is 586 g/mol. The van der Waals surface area contributed by atoms with E-state index in [-0.39, 0.29) is 23.7 Å². The molecule has 7 nitrogen and oxygen atoms in total. The zero-order valence-corrected chi connectivity index (χ0v) is 23.3. The van der Waals surface area contributed by atoms with Crippen molar-refractivity contribution in [3.8, 4) is 0 Å². The molecule has 39 heavy (non-hydrogen) atoms. The largest absolute Gasteiger partial charge is 0.454 e. The second-order valence-electron chi connectivity index (χ2n) is 10.5. The number of hydrogen-bond acceptors (Lipinski definition) is 5. The Morgan fingerprint density at radius 3 is 1.82 bits per heavy atom. The van der Waals surface area contributed by atoms with E-state index in [1.165, 1.54) is 6.92 Å². The lowest BCUT2D eigenvalue weighted by Crippen LogP contribution is -2.45. The van der Waals surface area contributed by atoms with E-state index >= 15 is 0 Å². The SMILES string of the molecule is Cc1c(Br)ccc(NC(=O)COC(=O)[C@H](C)N2C(=O)[C@H]3C4c5ccccc5C(c5ccccc54)[C@@H]3C2=O)c1C. The maximum absolute atomic E-state index is 13.8. The first-order chi connectivity index (χ1) is 18.7. The summed E-state index contributed by atoms with van der Waals surface area (Å²) in [6.45, 7) is 4.78. The van der Waals surface area contributed by atoms with Crippen LogP contribution >= 0.6 is 15.9 Å². The Balaban J connectivity index is 1.20. The van der Waals surface area contributed by atoms with Crippen LogP contribution in [0.4, 0.5) is 5.69 Å². The highest BCUT2D eigenvalue weighted by Gasteiger charge is 2.62. The molecule has 0 unspecified atom stereocenters. The molecule has 1 N–H and O–H groups in total. The van der Waals surface area contributed by atoms with Crippen LogP contribution in [0.15, 0.2) is 65.1 Å². The molecule has 4 aliphatic rings. The summed E-state index contributed by atoms with van der Waals surface area (Å²) in [4.78, 5) is 54.2. The lowest BCUT2D eigenvalue weighted by atomic mass is 9.55. The Bertz CT molecular complexity index is 1450. The first-order valence-corrected chi connectivity index (χ1v) is 13.8. The highest BCUT2D eigenvalue weighted by Crippen LogP contribution is 2.61. The topological polar surface area (TPSA) is 92.8 Å². The van der Waals surface area contributed by atoms with Gasteiger partial charge in [-0.05, 0) is 66.3 Å². The van der Waals surface area contributed by atoms with Gasteiger partial charge in [-0.3, -0.25) is 19.3 Å². The van der Waals surface area contributed by atoms with Crippen molar-refractivity contribution in [3.05, 3.63) is 98.5 Å². The average molecular weight is 587 g/mol. The molecule has 0 radical (unpaired) electrons. The molecule has 3 aliphatic carbocycles. The van der Waals surface area contributed by atoms with Crippen LogP contribution < -0.4 is 5.32 Å². The van der Waals surface area contributed by atoms with Crippen molar-refractivity contribution in [1.29, 1.82) is 0 Å². The number of carbonyl (C=O) groups is 4. The van der Waals surface area contributed by atoms with Crippen LogP contribution in [-0.4, -0.2) is 41.2 Å². The molecule has 1 saturated heterocycles. The Hall–Kier alpha value is -3.78. The van der Waals surface area contributed by atoms with Gasteiger partial charge in [0.15, 0.2) is 6.61 Å². The minimum atomic E-state index is -1.15. The summed E-state index contributed by atoms with van der Waals surface area (Å²) in [6, 6.07) is 18.4. The smallest absolute Gasteiger partial charge is 0.329 e. The minimum absolute atomic E-state index is 0.250. The Morgan fingerprint density at radius 2 is 1.33 bits per heavy atom. The summed E-state index contributed by atoms with van der Waals surface area (Å²) in [5.74, 6) is -3.67. The minimum Gasteiger partial charge on any atom is -0.454 e. The number of likely N-dealkylation sites (tertiary alicyclic amines) is 1. The van der Waals surface area contributed by atoms with Crippen LogP contribution in [0.1, 0.15) is 52.1 Å². The number of nitrogens with zero attached hydrogens (tertiary/aromatic N) is 1. The molecule has 8 heteroatoms. The van der Waals surface area contributed by atoms with Gasteiger partial charge in [-0.25, -0.2) is 4.79 Å². The number of halogens is 1. The van der Waals surface area contributed by atoms with Crippen LogP contribution in [-0.2, 0) is 23.9 Å². The van der Waals surface area contributed by atoms with E-state index in [9.17, 15) is 19.2 Å². The van der Waals surface area contributed by atoms with Gasteiger partial charge in [0.2, 0.25) is 11.8 Å². The van der Waals surface area contributed by atoms with Crippen molar-refractivity contribution in [2.75, 3.05) is 11.9 Å². The average Bonchev–Trinajstić information content (AvgIpc) is 3.21. The van der Waals surface area contributed by atoms with Crippen molar-refractivity contribution < 1.29 is 23.9 Å². The number of benzene rings is 3. The molecule has 3 atom stereocenters. The molecule has 3 aromatic carbocycles. The van der Waals surface area contributed by atoms with Crippen molar-refractivity contribution in [1.82, 2.24) is 4.90 Å². The fourth-order valence-electron chi connectivity index (χ4n) is 6.55. The standard InChI is InChI=1S/C31H27BrN2O5/c1-15-16(2)23(13-12-22(15)32)33-24(35)14-39-31(38)17(3)34-29(36)27-25-18-8-4-5-9-19(18)26(28(27)30(34)37)21-11-7-6-10-20(21)25/h4-13,17,25-28H,14H2,1-3H3,(H,33,35)/t17-,25?,26?,27-,28-/m0/s1. The molecule has 2 bridgehead atoms. The molecule has 7 rings (SSSR count). The Morgan fingerprint density at radius 1 is 0.846 bits per heavy atom. The zero-order valence-electron chi connectivity index (χ0n) is 21.7. The van der Waals surface area contributed by atoms with Crippen LogP contribution in [0.25, 0.3) is 0 Å². The highest BCUT2D eigenvalue weighted by molar-refractivity contribution is 9.10. The third-order valence-corrected chi connectivity index (χ3v) is 9.41. The van der Waals surface area contributed by atoms with Gasteiger partial charge in [-0.1, -0.05) is 64.5 Å². The molecule has 0 aromatic heterocycles. The fraction of sp³-hybridized carbons (Fsp3) is 0.290. The van der Waals surface area contributed by atoms with Gasteiger partial charge < -0.3 is 10.1 Å². The van der Waals surface area contributed by atoms with Gasteiger partial charge in [-0.15, -0.1) is 0 Å². The van der Waals surface area contributed by atoms with Crippen LogP contribution in [0.3, 0.4) is 0 Å². The van der Waals surface area contributed by atoms with Gasteiger partial charge in [0, 0.05) is 22.0 Å². The van der Waals surface area contributed by atoms with Gasteiger partial charge in [0.05, 0.1) is 11.8 Å². The molecular weight excluding hydrogens is 560 g/mol. The number of imide groups is 1. The predicted octanol–water partition coefficient (Wildman–Crippen LogP) is 4.83. The number of rotatable bonds is 5. The molecule has 3 amide bonds. The van der Waals surface area contributed by atoms with Gasteiger partial charge in [-0.2, -0.15) is 0 Å². The van der Waals surface area contributed by atoms with Crippen molar-refractivity contribution in [3.63, 3.8) is 0 Å². The Labute approximate surface area is 234 Å². The summed E-state index contributed by atoms with van der Waals surface area (Å²) in [6.07, 6.45) is 0. The third-order valence-electron chi connectivity index (χ3n) is 8.55. The molecule has 1 aliphatic heterocycles. The first-order valence-electron chi connectivity index (χ1n) is 13.0. The number of esters is 1. The maximum atomic E-state index is 13.8. The third kappa shape index (κ3) is 3.84. The van der Waals surface area contributed by atoms with Crippen molar-refractivity contribution in [2.24, 2.45) is 11.8 Å². The number of amides is 3.